The van der Waals surface area contributed by atoms with Crippen molar-refractivity contribution in [2.24, 2.45) is 14.1 Å². The molecule has 3 N–H and O–H groups in total. The molecule has 0 atom stereocenters. The number of methoxy groups -OCH3 is 2. The predicted octanol–water partition coefficient (Wildman–Crippen LogP) is 10.1. The van der Waals surface area contributed by atoms with Crippen LogP contribution in [0.1, 0.15) is 0 Å². The van der Waals surface area contributed by atoms with E-state index in [1.54, 1.807) is 28.8 Å². The van der Waals surface area contributed by atoms with Crippen LogP contribution in [0.4, 0.5) is 37.5 Å². The van der Waals surface area contributed by atoms with E-state index in [0.29, 0.717) is 31.4 Å². The highest BCUT2D eigenvalue weighted by molar-refractivity contribution is 6.76. The summed E-state index contributed by atoms with van der Waals surface area (Å²) in [5, 5.41) is 34.9. The Balaban J connectivity index is 0.000000201. The van der Waals surface area contributed by atoms with Crippen molar-refractivity contribution in [1.82, 2.24) is 48.6 Å². The Labute approximate surface area is 425 Å². The second-order valence-electron chi connectivity index (χ2n) is 19.0. The first-order chi connectivity index (χ1) is 34.4. The molecule has 0 aliphatic rings. The molecule has 0 unspecified atom stereocenters. The number of ether oxygens (including phenoxy) is 4. The van der Waals surface area contributed by atoms with Crippen LogP contribution in [0.2, 0.25) is 56.7 Å². The number of nitro benzene ring substituents is 2. The van der Waals surface area contributed by atoms with Gasteiger partial charge < -0.3 is 39.1 Å². The van der Waals surface area contributed by atoms with Crippen molar-refractivity contribution >= 4 is 78.5 Å². The third-order valence-corrected chi connectivity index (χ3v) is 14.4. The topological polar surface area (TPSA) is 258 Å². The highest BCUT2D eigenvalue weighted by Gasteiger charge is 2.23. The third-order valence-electron chi connectivity index (χ3n) is 10.8. The molecule has 22 nitrogen and oxygen atoms in total. The number of anilines is 3. The molecule has 0 fully saturated rings. The molecule has 0 saturated heterocycles. The lowest BCUT2D eigenvalue weighted by atomic mass is 10.2. The quantitative estimate of drug-likeness (QED) is 0.0202. The van der Waals surface area contributed by atoms with Gasteiger partial charge in [0, 0.05) is 114 Å². The van der Waals surface area contributed by atoms with E-state index in [0.717, 1.165) is 76.2 Å². The molecule has 0 bridgehead atoms. The summed E-state index contributed by atoms with van der Waals surface area (Å²) < 4.78 is 55.9. The van der Waals surface area contributed by atoms with Crippen LogP contribution >= 0.6 is 11.6 Å². The van der Waals surface area contributed by atoms with Crippen LogP contribution in [0.5, 0.6) is 11.5 Å². The van der Waals surface area contributed by atoms with Gasteiger partial charge in [0.1, 0.15) is 36.3 Å². The number of rotatable bonds is 18. The Morgan fingerprint density at radius 1 is 0.699 bits per heavy atom. The maximum Gasteiger partial charge on any atom is 0.307 e. The van der Waals surface area contributed by atoms with Crippen LogP contribution in [0, 0.1) is 31.9 Å². The van der Waals surface area contributed by atoms with E-state index in [2.05, 4.69) is 79.5 Å². The van der Waals surface area contributed by atoms with Crippen LogP contribution in [0.3, 0.4) is 0 Å². The number of nitrogens with one attached hydrogen (secondary N) is 1. The fourth-order valence-electron chi connectivity index (χ4n) is 6.92. The van der Waals surface area contributed by atoms with Crippen LogP contribution in [-0.2, 0) is 37.0 Å². The SMILES string of the molecule is COc1cc(F)c([N+](=O)[O-])cc1N.COc1cc(F)c([N+](=O)[O-])cc1Nc1nc(-c2cnn(C)c2)c2ccn(COCC[Si](C)(C)C)c2n1.Cn1cc(-c2nc(Cl)nc3c2ccn3COCC[Si](C)(C)C)cn1. The number of benzene rings is 2. The van der Waals surface area contributed by atoms with Gasteiger partial charge in [-0.3, -0.25) is 29.6 Å². The van der Waals surface area contributed by atoms with Gasteiger partial charge in [0.05, 0.1) is 59.2 Å². The number of aryl methyl sites for hydroxylation is 2. The van der Waals surface area contributed by atoms with Crippen molar-refractivity contribution in [2.45, 2.75) is 64.8 Å². The van der Waals surface area contributed by atoms with Crippen LogP contribution < -0.4 is 20.5 Å². The van der Waals surface area contributed by atoms with Gasteiger partial charge in [-0.05, 0) is 35.8 Å². The number of halogens is 3. The summed E-state index contributed by atoms with van der Waals surface area (Å²) in [4.78, 5) is 37.9. The molecule has 73 heavy (non-hydrogen) atoms. The number of hydrogen-bond donors (Lipinski definition) is 2. The minimum absolute atomic E-state index is 0.0376. The van der Waals surface area contributed by atoms with E-state index >= 15 is 0 Å². The van der Waals surface area contributed by atoms with Crippen molar-refractivity contribution in [2.75, 3.05) is 38.5 Å². The lowest BCUT2D eigenvalue weighted by molar-refractivity contribution is -0.387. The number of fused-ring (bicyclic) bond motifs is 2. The Bertz CT molecular complexity index is 3240. The average molecular weight is 1060 g/mol. The van der Waals surface area contributed by atoms with Gasteiger partial charge >= 0.3 is 11.4 Å². The lowest BCUT2D eigenvalue weighted by Crippen LogP contribution is -2.22. The van der Waals surface area contributed by atoms with Gasteiger partial charge in [-0.25, -0.2) is 9.97 Å². The van der Waals surface area contributed by atoms with Crippen molar-refractivity contribution in [1.29, 1.82) is 0 Å². The van der Waals surface area contributed by atoms with E-state index in [9.17, 15) is 29.0 Å². The van der Waals surface area contributed by atoms with Gasteiger partial charge in [0.25, 0.3) is 0 Å². The zero-order valence-electron chi connectivity index (χ0n) is 42.0. The molecular formula is C46H57ClF2N14O8Si2. The Kier molecular flexibility index (Phi) is 17.6. The molecule has 0 spiro atoms. The normalized spacial score (nSPS) is 11.5. The molecular weight excluding hydrogens is 1010 g/mol. The van der Waals surface area contributed by atoms with Crippen molar-refractivity contribution in [3.8, 4) is 34.0 Å². The van der Waals surface area contributed by atoms with Gasteiger partial charge in [0.15, 0.2) is 0 Å². The molecule has 0 aliphatic heterocycles. The molecule has 0 aliphatic carbocycles. The maximum absolute atomic E-state index is 14.1. The molecule has 388 valence electrons. The Morgan fingerprint density at radius 3 is 1.62 bits per heavy atom. The first-order valence-corrected chi connectivity index (χ1v) is 30.3. The third kappa shape index (κ3) is 14.4. The molecule has 0 amide bonds. The number of nitrogens with zero attached hydrogens (tertiary/aromatic N) is 12. The first kappa shape index (κ1) is 54.9. The zero-order valence-corrected chi connectivity index (χ0v) is 44.8. The fourth-order valence-corrected chi connectivity index (χ4v) is 8.60. The summed E-state index contributed by atoms with van der Waals surface area (Å²) in [5.74, 6) is -1.64. The van der Waals surface area contributed by atoms with Crippen LogP contribution in [0.15, 0.2) is 73.6 Å². The molecule has 8 rings (SSSR count). The number of nitro groups is 2. The molecule has 6 heterocycles. The van der Waals surface area contributed by atoms with E-state index in [-0.39, 0.29) is 34.1 Å². The molecule has 2 aromatic carbocycles. The summed E-state index contributed by atoms with van der Waals surface area (Å²) in [6.07, 6.45) is 11.1. The van der Waals surface area contributed by atoms with Crippen LogP contribution in [-0.4, -0.2) is 102 Å². The lowest BCUT2D eigenvalue weighted by Gasteiger charge is -2.16. The zero-order chi connectivity index (χ0) is 53.4. The summed E-state index contributed by atoms with van der Waals surface area (Å²) in [5.41, 5.74) is 8.68. The number of nitrogen functional groups attached to an aromatic ring is 1. The van der Waals surface area contributed by atoms with Gasteiger partial charge in [0.2, 0.25) is 22.9 Å². The standard InChI is InChI=1S/C23H28FN7O4Si.C16H22ClN5OSi.C7H7FN2O3/c1-29-13-15(12-25-29)21-16-6-7-30(14-35-8-9-36(3,4)5)22(16)28-23(27-21)26-18-11-19(31(32)33)17(24)10-20(18)34-2;1-21-10-12(9-18-21)14-13-5-6-22(15(13)20-16(17)19-14)11-23-7-8-24(2,3)4;1-13-7-2-4(8)6(10(11)12)3-5(7)9/h6-7,10-13H,8-9,14H2,1-5H3,(H,26,27,28);5-6,9-10H,7-8,11H2,1-4H3;2-3H,9H2,1H3. The van der Waals surface area contributed by atoms with Crippen molar-refractivity contribution in [3.63, 3.8) is 0 Å². The van der Waals surface area contributed by atoms with Crippen LogP contribution in [0.25, 0.3) is 44.6 Å². The minimum Gasteiger partial charge on any atom is -0.494 e. The van der Waals surface area contributed by atoms with Gasteiger partial charge in [-0.2, -0.15) is 28.9 Å². The van der Waals surface area contributed by atoms with E-state index in [4.69, 9.17) is 31.5 Å². The van der Waals surface area contributed by atoms with E-state index in [1.165, 1.54) is 14.2 Å². The van der Waals surface area contributed by atoms with E-state index in [1.807, 2.05) is 53.1 Å². The number of aromatic nitrogens is 10. The molecule has 27 heteroatoms. The summed E-state index contributed by atoms with van der Waals surface area (Å²) in [7, 11) is 4.02. The summed E-state index contributed by atoms with van der Waals surface area (Å²) in [6.45, 7) is 16.1. The first-order valence-electron chi connectivity index (χ1n) is 22.5. The molecule has 0 radical (unpaired) electrons. The summed E-state index contributed by atoms with van der Waals surface area (Å²) in [6, 6.07) is 9.91. The molecule has 8 aromatic rings. The highest BCUT2D eigenvalue weighted by atomic mass is 35.5. The fraction of sp³-hybridized carbons (Fsp3) is 0.348. The average Bonchev–Trinajstić information content (AvgIpc) is 4.14. The number of hydrogen-bond acceptors (Lipinski definition) is 16. The highest BCUT2D eigenvalue weighted by Crippen LogP contribution is 2.36. The smallest absolute Gasteiger partial charge is 0.307 e. The predicted molar refractivity (Wildman–Crippen MR) is 280 cm³/mol. The number of nitrogens with two attached hydrogens (primary N) is 1. The van der Waals surface area contributed by atoms with Gasteiger partial charge in [-0.15, -0.1) is 0 Å². The second-order valence-corrected chi connectivity index (χ2v) is 30.6. The van der Waals surface area contributed by atoms with E-state index < -0.39 is 49.0 Å². The maximum atomic E-state index is 14.1. The largest absolute Gasteiger partial charge is 0.494 e. The molecule has 0 saturated carbocycles. The Morgan fingerprint density at radius 2 is 1.16 bits per heavy atom. The monoisotopic (exact) mass is 1060 g/mol. The van der Waals surface area contributed by atoms with Crippen molar-refractivity contribution < 1.29 is 37.6 Å². The second kappa shape index (κ2) is 23.4. The van der Waals surface area contributed by atoms with Crippen molar-refractivity contribution in [3.05, 3.63) is 111 Å². The van der Waals surface area contributed by atoms with Gasteiger partial charge in [-0.1, -0.05) is 39.3 Å². The Hall–Kier alpha value is -7.40. The minimum atomic E-state index is -1.23. The summed E-state index contributed by atoms with van der Waals surface area (Å²) >= 11 is 6.13. The molecule has 6 aromatic heterocycles.